The molecule has 0 bridgehead atoms. The summed E-state index contributed by atoms with van der Waals surface area (Å²) in [6, 6.07) is 1.86. The van der Waals surface area contributed by atoms with Crippen molar-refractivity contribution >= 4 is 17.3 Å². The van der Waals surface area contributed by atoms with Gasteiger partial charge in [0.15, 0.2) is 4.88 Å². The van der Waals surface area contributed by atoms with E-state index in [1.54, 1.807) is 0 Å². The lowest BCUT2D eigenvalue weighted by molar-refractivity contribution is 0.0696. The van der Waals surface area contributed by atoms with Crippen molar-refractivity contribution in [2.75, 3.05) is 46.4 Å². The van der Waals surface area contributed by atoms with Crippen molar-refractivity contribution in [3.8, 4) is 5.75 Å². The van der Waals surface area contributed by atoms with Crippen LogP contribution in [0.2, 0.25) is 0 Å². The number of likely N-dealkylation sites (N-methyl/N-ethyl adjacent to an activating group) is 1. The summed E-state index contributed by atoms with van der Waals surface area (Å²) in [5.41, 5.74) is 0. The number of thiophene rings is 1. The van der Waals surface area contributed by atoms with Crippen molar-refractivity contribution in [1.29, 1.82) is 0 Å². The maximum atomic E-state index is 11.2. The van der Waals surface area contributed by atoms with Gasteiger partial charge in [-0.25, -0.2) is 4.79 Å². The van der Waals surface area contributed by atoms with E-state index >= 15 is 0 Å². The molecule has 0 saturated carbocycles. The van der Waals surface area contributed by atoms with Crippen LogP contribution in [0.5, 0.6) is 5.75 Å². The van der Waals surface area contributed by atoms with Gasteiger partial charge in [-0.3, -0.25) is 4.90 Å². The zero-order valence-electron chi connectivity index (χ0n) is 12.1. The van der Waals surface area contributed by atoms with Gasteiger partial charge in [0.1, 0.15) is 12.4 Å². The summed E-state index contributed by atoms with van der Waals surface area (Å²) in [6.45, 7) is 7.68. The fourth-order valence-electron chi connectivity index (χ4n) is 2.21. The molecule has 1 saturated heterocycles. The van der Waals surface area contributed by atoms with E-state index in [1.807, 2.05) is 13.0 Å². The third-order valence-corrected chi connectivity index (χ3v) is 4.80. The molecule has 5 nitrogen and oxygen atoms in total. The molecule has 0 aliphatic carbocycles. The van der Waals surface area contributed by atoms with E-state index in [0.29, 0.717) is 17.2 Å². The largest absolute Gasteiger partial charge is 0.490 e. The van der Waals surface area contributed by atoms with Gasteiger partial charge in [0.25, 0.3) is 0 Å². The number of hydrogen-bond donors (Lipinski definition) is 1. The normalized spacial score (nSPS) is 17.3. The van der Waals surface area contributed by atoms with E-state index in [1.165, 1.54) is 11.3 Å². The molecule has 20 heavy (non-hydrogen) atoms. The molecule has 1 aliphatic rings. The number of ether oxygens (including phenoxy) is 1. The number of aromatic carboxylic acids is 1. The highest BCUT2D eigenvalue weighted by Crippen LogP contribution is 2.29. The van der Waals surface area contributed by atoms with Crippen LogP contribution in [-0.2, 0) is 6.42 Å². The van der Waals surface area contributed by atoms with Crippen LogP contribution in [0.25, 0.3) is 0 Å². The predicted molar refractivity (Wildman–Crippen MR) is 80.1 cm³/mol. The van der Waals surface area contributed by atoms with Gasteiger partial charge in [-0.2, -0.15) is 0 Å². The molecule has 0 radical (unpaired) electrons. The Morgan fingerprint density at radius 3 is 2.70 bits per heavy atom. The summed E-state index contributed by atoms with van der Waals surface area (Å²) in [4.78, 5) is 17.2. The van der Waals surface area contributed by atoms with E-state index in [2.05, 4.69) is 16.8 Å². The van der Waals surface area contributed by atoms with E-state index < -0.39 is 5.97 Å². The molecule has 0 unspecified atom stereocenters. The number of piperazine rings is 1. The third kappa shape index (κ3) is 3.94. The zero-order valence-corrected chi connectivity index (χ0v) is 12.9. The van der Waals surface area contributed by atoms with Gasteiger partial charge in [0, 0.05) is 37.6 Å². The van der Waals surface area contributed by atoms with Gasteiger partial charge >= 0.3 is 5.97 Å². The minimum atomic E-state index is -0.899. The smallest absolute Gasteiger partial charge is 0.349 e. The molecule has 2 rings (SSSR count). The fraction of sp³-hybridized carbons (Fsp3) is 0.643. The Kier molecular flexibility index (Phi) is 5.39. The summed E-state index contributed by atoms with van der Waals surface area (Å²) >= 11 is 1.31. The third-order valence-electron chi connectivity index (χ3n) is 3.55. The van der Waals surface area contributed by atoms with Crippen molar-refractivity contribution < 1.29 is 14.6 Å². The first-order valence-corrected chi connectivity index (χ1v) is 7.81. The van der Waals surface area contributed by atoms with Crippen LogP contribution in [0.1, 0.15) is 21.5 Å². The molecule has 2 heterocycles. The van der Waals surface area contributed by atoms with Crippen molar-refractivity contribution in [3.05, 3.63) is 15.8 Å². The average molecular weight is 298 g/mol. The summed E-state index contributed by atoms with van der Waals surface area (Å²) < 4.78 is 5.68. The molecule has 0 amide bonds. The SMILES string of the molecule is CCc1cc(OCCN2CCN(C)CC2)c(C(=O)O)s1. The molecule has 1 N–H and O–H groups in total. The molecular formula is C14H22N2O3S. The zero-order chi connectivity index (χ0) is 14.5. The second kappa shape index (κ2) is 7.06. The Labute approximate surface area is 123 Å². The number of carboxylic acids is 1. The topological polar surface area (TPSA) is 53.0 Å². The highest BCUT2D eigenvalue weighted by molar-refractivity contribution is 7.14. The molecule has 0 aromatic carbocycles. The number of carboxylic acid groups (broad SMARTS) is 1. The Balaban J connectivity index is 1.84. The number of aryl methyl sites for hydroxylation is 1. The predicted octanol–water partition coefficient (Wildman–Crippen LogP) is 1.63. The van der Waals surface area contributed by atoms with Crippen LogP contribution in [0.4, 0.5) is 0 Å². The average Bonchev–Trinajstić information content (AvgIpc) is 2.85. The van der Waals surface area contributed by atoms with Gasteiger partial charge in [0.2, 0.25) is 0 Å². The van der Waals surface area contributed by atoms with Crippen LogP contribution in [-0.4, -0.2) is 67.3 Å². The minimum Gasteiger partial charge on any atom is -0.490 e. The van der Waals surface area contributed by atoms with Crippen molar-refractivity contribution in [1.82, 2.24) is 9.80 Å². The van der Waals surface area contributed by atoms with Crippen LogP contribution in [0.15, 0.2) is 6.07 Å². The molecule has 112 valence electrons. The number of hydrogen-bond acceptors (Lipinski definition) is 5. The first-order valence-electron chi connectivity index (χ1n) is 7.00. The second-order valence-corrected chi connectivity index (χ2v) is 6.19. The maximum Gasteiger partial charge on any atom is 0.349 e. The Bertz CT molecular complexity index is 453. The molecule has 6 heteroatoms. The van der Waals surface area contributed by atoms with Gasteiger partial charge in [0.05, 0.1) is 0 Å². The number of nitrogens with zero attached hydrogens (tertiary/aromatic N) is 2. The Morgan fingerprint density at radius 2 is 2.10 bits per heavy atom. The quantitative estimate of drug-likeness (QED) is 0.865. The molecular weight excluding hydrogens is 276 g/mol. The van der Waals surface area contributed by atoms with Gasteiger partial charge < -0.3 is 14.7 Å². The van der Waals surface area contributed by atoms with Crippen molar-refractivity contribution in [3.63, 3.8) is 0 Å². The minimum absolute atomic E-state index is 0.320. The van der Waals surface area contributed by atoms with E-state index in [9.17, 15) is 4.79 Å². The first kappa shape index (κ1) is 15.3. The molecule has 0 atom stereocenters. The molecule has 1 aromatic rings. The number of rotatable bonds is 6. The highest BCUT2D eigenvalue weighted by Gasteiger charge is 2.17. The van der Waals surface area contributed by atoms with Crippen molar-refractivity contribution in [2.24, 2.45) is 0 Å². The lowest BCUT2D eigenvalue weighted by atomic mass is 10.3. The Morgan fingerprint density at radius 1 is 1.40 bits per heavy atom. The first-order chi connectivity index (χ1) is 9.60. The lowest BCUT2D eigenvalue weighted by Gasteiger charge is -2.32. The molecule has 0 spiro atoms. The molecule has 1 fully saturated rings. The van der Waals surface area contributed by atoms with Crippen LogP contribution >= 0.6 is 11.3 Å². The van der Waals surface area contributed by atoms with Gasteiger partial charge in [-0.05, 0) is 19.5 Å². The Hall–Kier alpha value is -1.11. The lowest BCUT2D eigenvalue weighted by Crippen LogP contribution is -2.45. The molecule has 1 aliphatic heterocycles. The summed E-state index contributed by atoms with van der Waals surface area (Å²) in [7, 11) is 2.13. The van der Waals surface area contributed by atoms with E-state index in [0.717, 1.165) is 44.0 Å². The summed E-state index contributed by atoms with van der Waals surface area (Å²) in [6.07, 6.45) is 0.840. The number of carbonyl (C=O) groups is 1. The van der Waals surface area contributed by atoms with E-state index in [4.69, 9.17) is 9.84 Å². The fourth-order valence-corrected chi connectivity index (χ4v) is 3.09. The van der Waals surface area contributed by atoms with Crippen LogP contribution in [0.3, 0.4) is 0 Å². The summed E-state index contributed by atoms with van der Waals surface area (Å²) in [5.74, 6) is -0.377. The maximum absolute atomic E-state index is 11.2. The van der Waals surface area contributed by atoms with Gasteiger partial charge in [-0.15, -0.1) is 11.3 Å². The van der Waals surface area contributed by atoms with Crippen LogP contribution in [0, 0.1) is 0 Å². The summed E-state index contributed by atoms with van der Waals surface area (Å²) in [5, 5.41) is 9.17. The van der Waals surface area contributed by atoms with Crippen molar-refractivity contribution in [2.45, 2.75) is 13.3 Å². The standard InChI is InChI=1S/C14H22N2O3S/c1-3-11-10-12(13(20-11)14(17)18)19-9-8-16-6-4-15(2)5-7-16/h10H,3-9H2,1-2H3,(H,17,18). The monoisotopic (exact) mass is 298 g/mol. The van der Waals surface area contributed by atoms with E-state index in [-0.39, 0.29) is 0 Å². The van der Waals surface area contributed by atoms with Crippen LogP contribution < -0.4 is 4.74 Å². The van der Waals surface area contributed by atoms with Gasteiger partial charge in [-0.1, -0.05) is 6.92 Å². The highest BCUT2D eigenvalue weighted by atomic mass is 32.1. The second-order valence-electron chi connectivity index (χ2n) is 5.06. The molecule has 1 aromatic heterocycles.